The largest absolute Gasteiger partial charge is 0.495 e. The highest BCUT2D eigenvalue weighted by Crippen LogP contribution is 2.49. The minimum atomic E-state index is -1.84. The number of esters is 1. The molecule has 57 heavy (non-hydrogen) atoms. The number of rotatable bonds is 6. The molecule has 6 rings (SSSR count). The SMILES string of the molecule is COc1cc2cc(c1Cl)N(C)C(=O)C[C@H](OC(=O)[C@@H]1CCCN1C(=O)c1ccc(C(C)=O)cc1)[C@]1(C)O[C@H]1[C@H](C)[C@@H]1C[C@@](O)(NC(=O)O1)[C@H](OC)/C=C/C=C(\C)C2. The number of carbonyl (C=O) groups excluding carboxylic acids is 5. The summed E-state index contributed by atoms with van der Waals surface area (Å²) in [7, 11) is 4.49. The first-order valence-electron chi connectivity index (χ1n) is 19.0. The Kier molecular flexibility index (Phi) is 12.2. The van der Waals surface area contributed by atoms with E-state index in [1.165, 1.54) is 30.9 Å². The van der Waals surface area contributed by atoms with Crippen LogP contribution >= 0.6 is 11.6 Å². The molecular weight excluding hydrogens is 758 g/mol. The summed E-state index contributed by atoms with van der Waals surface area (Å²) >= 11 is 6.79. The highest BCUT2D eigenvalue weighted by atomic mass is 35.5. The third-order valence-corrected chi connectivity index (χ3v) is 11.9. The lowest BCUT2D eigenvalue weighted by Crippen LogP contribution is -2.63. The predicted octanol–water partition coefficient (Wildman–Crippen LogP) is 5.18. The number of likely N-dealkylation sites (tertiary alicyclic amines) is 1. The van der Waals surface area contributed by atoms with E-state index in [1.807, 2.05) is 13.0 Å². The summed E-state index contributed by atoms with van der Waals surface area (Å²) in [6.07, 6.45) is 1.66. The molecule has 4 aliphatic heterocycles. The van der Waals surface area contributed by atoms with Crippen LogP contribution < -0.4 is 15.0 Å². The van der Waals surface area contributed by atoms with Crippen LogP contribution in [0.2, 0.25) is 5.02 Å². The summed E-state index contributed by atoms with van der Waals surface area (Å²) in [4.78, 5) is 69.7. The van der Waals surface area contributed by atoms with Crippen molar-refractivity contribution in [1.82, 2.24) is 10.2 Å². The summed E-state index contributed by atoms with van der Waals surface area (Å²) in [5.74, 6) is -1.86. The number of amides is 3. The number of methoxy groups -OCH3 is 2. The lowest BCUT2D eigenvalue weighted by molar-refractivity contribution is -0.158. The van der Waals surface area contributed by atoms with Crippen LogP contribution in [0.4, 0.5) is 10.5 Å². The number of nitrogens with zero attached hydrogens (tertiary/aromatic N) is 2. The Hall–Kier alpha value is -4.76. The number of hydrogen-bond donors (Lipinski definition) is 2. The van der Waals surface area contributed by atoms with Gasteiger partial charge in [0.15, 0.2) is 11.5 Å². The van der Waals surface area contributed by atoms with Crippen LogP contribution in [0.3, 0.4) is 0 Å². The first-order valence-corrected chi connectivity index (χ1v) is 19.4. The number of epoxide rings is 1. The average Bonchev–Trinajstić information content (AvgIpc) is 3.62. The number of halogens is 1. The zero-order valence-corrected chi connectivity index (χ0v) is 34.0. The van der Waals surface area contributed by atoms with Gasteiger partial charge in [0, 0.05) is 44.2 Å². The molecule has 2 N–H and O–H groups in total. The third kappa shape index (κ3) is 8.59. The summed E-state index contributed by atoms with van der Waals surface area (Å²) in [5.41, 5.74) is -0.220. The van der Waals surface area contributed by atoms with E-state index in [0.717, 1.165) is 11.1 Å². The summed E-state index contributed by atoms with van der Waals surface area (Å²) < 4.78 is 29.5. The number of benzene rings is 2. The molecule has 4 bridgehead atoms. The van der Waals surface area contributed by atoms with Crippen molar-refractivity contribution in [3.05, 3.63) is 81.9 Å². The number of ether oxygens (including phenoxy) is 5. The van der Waals surface area contributed by atoms with Crippen molar-refractivity contribution < 1.29 is 52.8 Å². The number of aliphatic hydroxyl groups is 1. The van der Waals surface area contributed by atoms with Gasteiger partial charge in [-0.2, -0.15) is 0 Å². The van der Waals surface area contributed by atoms with Crippen molar-refractivity contribution in [2.45, 2.75) is 102 Å². The first kappa shape index (κ1) is 41.9. The Morgan fingerprint density at radius 2 is 1.79 bits per heavy atom. The molecule has 3 fully saturated rings. The van der Waals surface area contributed by atoms with Crippen LogP contribution in [0.15, 0.2) is 60.2 Å². The van der Waals surface area contributed by atoms with Crippen molar-refractivity contribution in [2.24, 2.45) is 5.92 Å². The summed E-state index contributed by atoms with van der Waals surface area (Å²) in [5, 5.41) is 14.5. The number of Topliss-reactive ketones (excluding diaryl/α,β-unsaturated/α-hetero) is 1. The van der Waals surface area contributed by atoms with Crippen LogP contribution in [0.5, 0.6) is 5.75 Å². The molecule has 3 saturated heterocycles. The Bertz CT molecular complexity index is 1980. The maximum Gasteiger partial charge on any atom is 0.409 e. The summed E-state index contributed by atoms with van der Waals surface area (Å²) in [6.45, 7) is 7.18. The van der Waals surface area contributed by atoms with Gasteiger partial charge in [-0.25, -0.2) is 9.59 Å². The number of hydrogen-bond acceptors (Lipinski definition) is 11. The van der Waals surface area contributed by atoms with Gasteiger partial charge in [0.1, 0.15) is 40.7 Å². The molecule has 4 aliphatic rings. The Balaban J connectivity index is 1.35. The number of carbonyl (C=O) groups is 5. The number of ketones is 1. The zero-order valence-electron chi connectivity index (χ0n) is 33.2. The van der Waals surface area contributed by atoms with Gasteiger partial charge in [-0.3, -0.25) is 19.7 Å². The molecule has 8 atom stereocenters. The molecule has 0 aromatic heterocycles. The van der Waals surface area contributed by atoms with Crippen molar-refractivity contribution in [2.75, 3.05) is 32.7 Å². The highest BCUT2D eigenvalue weighted by Gasteiger charge is 2.64. The van der Waals surface area contributed by atoms with Crippen LogP contribution in [-0.4, -0.2) is 109 Å². The van der Waals surface area contributed by atoms with Gasteiger partial charge in [0.05, 0.1) is 25.3 Å². The fourth-order valence-electron chi connectivity index (χ4n) is 8.09. The monoisotopic (exact) mass is 807 g/mol. The second-order valence-electron chi connectivity index (χ2n) is 15.5. The molecule has 2 aromatic carbocycles. The number of nitrogens with one attached hydrogen (secondary N) is 1. The number of anilines is 1. The highest BCUT2D eigenvalue weighted by molar-refractivity contribution is 6.35. The van der Waals surface area contributed by atoms with E-state index >= 15 is 0 Å². The van der Waals surface area contributed by atoms with E-state index in [2.05, 4.69) is 5.32 Å². The molecular formula is C42H50ClN3O11. The number of alkyl carbamates (subject to hydrolysis) is 1. The molecule has 15 heteroatoms. The quantitative estimate of drug-likeness (QED) is 0.224. The van der Waals surface area contributed by atoms with E-state index in [-0.39, 0.29) is 29.6 Å². The first-order chi connectivity index (χ1) is 27.0. The second-order valence-corrected chi connectivity index (χ2v) is 15.9. The molecule has 4 heterocycles. The molecule has 14 nitrogen and oxygen atoms in total. The van der Waals surface area contributed by atoms with Crippen molar-refractivity contribution in [1.29, 1.82) is 0 Å². The molecule has 0 radical (unpaired) electrons. The van der Waals surface area contributed by atoms with Gasteiger partial charge in [0.2, 0.25) is 5.91 Å². The molecule has 0 unspecified atom stereocenters. The van der Waals surface area contributed by atoms with E-state index in [4.69, 9.17) is 35.3 Å². The molecule has 0 saturated carbocycles. The normalized spacial score (nSPS) is 31.9. The number of allylic oxidation sites excluding steroid dienone is 3. The van der Waals surface area contributed by atoms with Crippen molar-refractivity contribution in [3.63, 3.8) is 0 Å². The minimum absolute atomic E-state index is 0.0653. The predicted molar refractivity (Wildman–Crippen MR) is 209 cm³/mol. The average molecular weight is 808 g/mol. The van der Waals surface area contributed by atoms with E-state index in [1.54, 1.807) is 69.4 Å². The Morgan fingerprint density at radius 1 is 1.09 bits per heavy atom. The zero-order chi connectivity index (χ0) is 41.4. The van der Waals surface area contributed by atoms with Crippen molar-refractivity contribution in [3.8, 4) is 5.75 Å². The second kappa shape index (κ2) is 16.6. The maximum atomic E-state index is 14.3. The van der Waals surface area contributed by atoms with Gasteiger partial charge in [-0.1, -0.05) is 54.5 Å². The minimum Gasteiger partial charge on any atom is -0.495 e. The van der Waals surface area contributed by atoms with E-state index in [0.29, 0.717) is 48.4 Å². The third-order valence-electron chi connectivity index (χ3n) is 11.5. The van der Waals surface area contributed by atoms with Crippen LogP contribution in [0, 0.1) is 5.92 Å². The number of fused-ring (bicyclic) bond motifs is 5. The van der Waals surface area contributed by atoms with Gasteiger partial charge in [-0.15, -0.1) is 0 Å². The fourth-order valence-corrected chi connectivity index (χ4v) is 8.41. The van der Waals surface area contributed by atoms with Crippen LogP contribution in [0.25, 0.3) is 0 Å². The van der Waals surface area contributed by atoms with Crippen LogP contribution in [-0.2, 0) is 35.0 Å². The summed E-state index contributed by atoms with van der Waals surface area (Å²) in [6, 6.07) is 8.88. The molecule has 306 valence electrons. The van der Waals surface area contributed by atoms with Gasteiger partial charge in [-0.05, 0) is 69.9 Å². The standard InChI is InChI=1S/C42H50ClN3O11/c1-23-10-8-12-33(54-7)42(52)22-32(55-40(51)44-42)24(2)37-41(4,57-37)34(21-35(48)45(5)30-19-26(18-23)20-31(53-6)36(30)43)56-39(50)29-11-9-17-46(29)38(49)28-15-13-27(14-16-28)25(3)47/h8,10,12-16,19-20,24,29,32-34,37,52H,9,11,17-18,21-22H2,1-7H3,(H,44,51)/b12-8+,23-10+/t24-,29+,32+,33-,34+,37+,41+,42+/m1/s1. The van der Waals surface area contributed by atoms with Gasteiger partial charge < -0.3 is 38.6 Å². The van der Waals surface area contributed by atoms with Crippen molar-refractivity contribution >= 4 is 46.9 Å². The Labute approximate surface area is 337 Å². The van der Waals surface area contributed by atoms with Crippen LogP contribution in [0.1, 0.15) is 79.7 Å². The van der Waals surface area contributed by atoms with Gasteiger partial charge in [0.25, 0.3) is 5.91 Å². The molecule has 0 spiro atoms. The lowest BCUT2D eigenvalue weighted by atomic mass is 9.83. The fraction of sp³-hybridized carbons (Fsp3) is 0.500. The lowest BCUT2D eigenvalue weighted by Gasteiger charge is -2.42. The smallest absolute Gasteiger partial charge is 0.409 e. The Morgan fingerprint density at radius 3 is 2.46 bits per heavy atom. The van der Waals surface area contributed by atoms with E-state index < -0.39 is 65.7 Å². The molecule has 2 aromatic rings. The molecule has 3 amide bonds. The van der Waals surface area contributed by atoms with Gasteiger partial charge >= 0.3 is 12.1 Å². The maximum absolute atomic E-state index is 14.3. The molecule has 0 aliphatic carbocycles. The topological polar surface area (TPSA) is 174 Å². The van der Waals surface area contributed by atoms with E-state index in [9.17, 15) is 29.1 Å².